The van der Waals surface area contributed by atoms with Gasteiger partial charge in [0, 0.05) is 24.3 Å². The third-order valence-electron chi connectivity index (χ3n) is 4.04. The van der Waals surface area contributed by atoms with Crippen LogP contribution in [0, 0.1) is 18.6 Å². The van der Waals surface area contributed by atoms with Crippen molar-refractivity contribution in [3.05, 3.63) is 52.9 Å². The van der Waals surface area contributed by atoms with Crippen LogP contribution in [0.15, 0.2) is 24.4 Å². The van der Waals surface area contributed by atoms with Gasteiger partial charge in [-0.05, 0) is 46.8 Å². The highest BCUT2D eigenvalue weighted by Crippen LogP contribution is 2.23. The van der Waals surface area contributed by atoms with Crippen molar-refractivity contribution >= 4 is 0 Å². The summed E-state index contributed by atoms with van der Waals surface area (Å²) in [6.07, 6.45) is 0.704. The number of aliphatic hydroxyl groups is 1. The second-order valence-electron chi connectivity index (χ2n) is 7.07. The molecular formula is C18H25F2N3O. The Morgan fingerprint density at radius 3 is 2.33 bits per heavy atom. The van der Waals surface area contributed by atoms with E-state index in [0.717, 1.165) is 23.4 Å². The van der Waals surface area contributed by atoms with Crippen LogP contribution >= 0.6 is 0 Å². The molecule has 0 fully saturated rings. The van der Waals surface area contributed by atoms with Crippen LogP contribution in [0.3, 0.4) is 0 Å². The number of nitrogens with zero attached hydrogens (tertiary/aromatic N) is 2. The zero-order chi connectivity index (χ0) is 18.1. The van der Waals surface area contributed by atoms with Gasteiger partial charge in [-0.1, -0.05) is 6.07 Å². The van der Waals surface area contributed by atoms with Gasteiger partial charge < -0.3 is 10.4 Å². The zero-order valence-electron chi connectivity index (χ0n) is 14.8. The van der Waals surface area contributed by atoms with Crippen molar-refractivity contribution in [2.24, 2.45) is 0 Å². The highest BCUT2D eigenvalue weighted by Gasteiger charge is 2.21. The van der Waals surface area contributed by atoms with Gasteiger partial charge >= 0.3 is 0 Å². The molecule has 1 aromatic heterocycles. The Labute approximate surface area is 141 Å². The van der Waals surface area contributed by atoms with Crippen molar-refractivity contribution in [1.29, 1.82) is 0 Å². The number of hydrogen-bond donors (Lipinski definition) is 2. The maximum absolute atomic E-state index is 13.7. The van der Waals surface area contributed by atoms with E-state index < -0.39 is 17.7 Å². The van der Waals surface area contributed by atoms with E-state index in [2.05, 4.69) is 31.2 Å². The Hall–Kier alpha value is -1.79. The van der Waals surface area contributed by atoms with Crippen LogP contribution in [0.2, 0.25) is 0 Å². The van der Waals surface area contributed by atoms with E-state index in [1.54, 1.807) is 0 Å². The minimum atomic E-state index is -1.26. The van der Waals surface area contributed by atoms with Gasteiger partial charge in [-0.3, -0.25) is 4.68 Å². The summed E-state index contributed by atoms with van der Waals surface area (Å²) in [5.41, 5.74) is 1.44. The first-order chi connectivity index (χ1) is 11.1. The third-order valence-corrected chi connectivity index (χ3v) is 4.04. The second-order valence-corrected chi connectivity index (χ2v) is 7.07. The van der Waals surface area contributed by atoms with Crippen LogP contribution in [0.4, 0.5) is 8.78 Å². The molecule has 2 unspecified atom stereocenters. The smallest absolute Gasteiger partial charge is 0.131 e. The van der Waals surface area contributed by atoms with Gasteiger partial charge in [0.2, 0.25) is 0 Å². The Balaban J connectivity index is 2.08. The number of aliphatic hydroxyl groups excluding tert-OH is 1. The molecule has 0 amide bonds. The monoisotopic (exact) mass is 337 g/mol. The predicted octanol–water partition coefficient (Wildman–Crippen LogP) is 3.61. The molecule has 0 aliphatic rings. The number of nitrogens with one attached hydrogen (secondary N) is 1. The first-order valence-electron chi connectivity index (χ1n) is 8.03. The van der Waals surface area contributed by atoms with Gasteiger partial charge in [-0.25, -0.2) is 8.78 Å². The number of aryl methyl sites for hydroxylation is 1. The Morgan fingerprint density at radius 1 is 1.25 bits per heavy atom. The minimum Gasteiger partial charge on any atom is -0.387 e. The van der Waals surface area contributed by atoms with Crippen LogP contribution in [-0.4, -0.2) is 21.4 Å². The van der Waals surface area contributed by atoms with E-state index >= 15 is 0 Å². The molecule has 2 rings (SSSR count). The lowest BCUT2D eigenvalue weighted by molar-refractivity contribution is 0.161. The van der Waals surface area contributed by atoms with Crippen molar-refractivity contribution in [2.75, 3.05) is 6.54 Å². The van der Waals surface area contributed by atoms with Crippen molar-refractivity contribution in [2.45, 2.75) is 52.3 Å². The molecule has 1 heterocycles. The topological polar surface area (TPSA) is 50.1 Å². The number of aromatic nitrogens is 2. The number of benzene rings is 1. The molecule has 0 saturated carbocycles. The molecule has 0 aliphatic heterocycles. The molecule has 0 aliphatic carbocycles. The second kappa shape index (κ2) is 6.99. The first kappa shape index (κ1) is 18.5. The van der Waals surface area contributed by atoms with Gasteiger partial charge in [-0.15, -0.1) is 0 Å². The molecule has 0 radical (unpaired) electrons. The van der Waals surface area contributed by atoms with Crippen molar-refractivity contribution in [3.8, 4) is 0 Å². The summed E-state index contributed by atoms with van der Waals surface area (Å²) in [6.45, 7) is 10.1. The predicted molar refractivity (Wildman–Crippen MR) is 89.7 cm³/mol. The van der Waals surface area contributed by atoms with Gasteiger partial charge in [-0.2, -0.15) is 5.10 Å². The molecule has 1 aromatic carbocycles. The maximum atomic E-state index is 13.7. The van der Waals surface area contributed by atoms with Gasteiger partial charge in [0.15, 0.2) is 0 Å². The largest absolute Gasteiger partial charge is 0.387 e. The summed E-state index contributed by atoms with van der Waals surface area (Å²) < 4.78 is 29.3. The van der Waals surface area contributed by atoms with Crippen molar-refractivity contribution in [3.63, 3.8) is 0 Å². The van der Waals surface area contributed by atoms with E-state index in [1.807, 2.05) is 24.7 Å². The molecule has 6 heteroatoms. The Morgan fingerprint density at radius 2 is 1.83 bits per heavy atom. The summed E-state index contributed by atoms with van der Waals surface area (Å²) in [4.78, 5) is 0. The van der Waals surface area contributed by atoms with E-state index in [9.17, 15) is 13.9 Å². The molecule has 4 nitrogen and oxygen atoms in total. The molecule has 0 spiro atoms. The molecule has 0 saturated heterocycles. The molecule has 0 bridgehead atoms. The fraction of sp³-hybridized carbons (Fsp3) is 0.500. The average Bonchev–Trinajstić information content (AvgIpc) is 2.87. The van der Waals surface area contributed by atoms with Crippen molar-refractivity contribution < 1.29 is 13.9 Å². The van der Waals surface area contributed by atoms with Crippen LogP contribution in [0.5, 0.6) is 0 Å². The first-order valence-corrected chi connectivity index (χ1v) is 8.03. The van der Waals surface area contributed by atoms with Crippen LogP contribution in [0.1, 0.15) is 56.7 Å². The molecule has 2 aromatic rings. The zero-order valence-corrected chi connectivity index (χ0v) is 14.8. The van der Waals surface area contributed by atoms with Gasteiger partial charge in [0.25, 0.3) is 0 Å². The third kappa shape index (κ3) is 3.99. The SMILES string of the molecule is Cc1nn(C(C)(C)C)cc1C(C)NCC(O)c1c(F)cccc1F. The molecule has 132 valence electrons. The maximum Gasteiger partial charge on any atom is 0.131 e. The molecular weight excluding hydrogens is 312 g/mol. The summed E-state index contributed by atoms with van der Waals surface area (Å²) in [5, 5.41) is 17.7. The number of halogens is 2. The normalized spacial score (nSPS) is 14.7. The lowest BCUT2D eigenvalue weighted by Crippen LogP contribution is -2.26. The lowest BCUT2D eigenvalue weighted by atomic mass is 10.1. The van der Waals surface area contributed by atoms with E-state index in [0.29, 0.717) is 0 Å². The summed E-state index contributed by atoms with van der Waals surface area (Å²) >= 11 is 0. The van der Waals surface area contributed by atoms with Crippen LogP contribution in [0.25, 0.3) is 0 Å². The summed E-state index contributed by atoms with van der Waals surface area (Å²) in [7, 11) is 0. The molecule has 24 heavy (non-hydrogen) atoms. The van der Waals surface area contributed by atoms with E-state index in [1.165, 1.54) is 6.07 Å². The lowest BCUT2D eigenvalue weighted by Gasteiger charge is -2.19. The van der Waals surface area contributed by atoms with Gasteiger partial charge in [0.1, 0.15) is 11.6 Å². The molecule has 2 N–H and O–H groups in total. The Bertz CT molecular complexity index is 687. The quantitative estimate of drug-likeness (QED) is 0.876. The van der Waals surface area contributed by atoms with Crippen molar-refractivity contribution in [1.82, 2.24) is 15.1 Å². The van der Waals surface area contributed by atoms with Crippen LogP contribution < -0.4 is 5.32 Å². The minimum absolute atomic E-state index is 0.0408. The average molecular weight is 337 g/mol. The standard InChI is InChI=1S/C18H25F2N3O/c1-11(13-10-23(18(3,4)5)22-12(13)2)21-9-16(24)17-14(19)7-6-8-15(17)20/h6-8,10-11,16,21,24H,9H2,1-5H3. The highest BCUT2D eigenvalue weighted by molar-refractivity contribution is 5.23. The van der Waals surface area contributed by atoms with Gasteiger partial charge in [0.05, 0.1) is 22.9 Å². The van der Waals surface area contributed by atoms with Crippen LogP contribution in [-0.2, 0) is 5.54 Å². The summed E-state index contributed by atoms with van der Waals surface area (Å²) in [5.74, 6) is -1.48. The van der Waals surface area contributed by atoms with E-state index in [-0.39, 0.29) is 23.7 Å². The number of hydrogen-bond acceptors (Lipinski definition) is 3. The fourth-order valence-corrected chi connectivity index (χ4v) is 2.57. The number of rotatable bonds is 5. The fourth-order valence-electron chi connectivity index (χ4n) is 2.57. The van der Waals surface area contributed by atoms with E-state index in [4.69, 9.17) is 0 Å². The summed E-state index contributed by atoms with van der Waals surface area (Å²) in [6, 6.07) is 3.46. The molecule has 2 atom stereocenters. The Kier molecular flexibility index (Phi) is 5.40. The highest BCUT2D eigenvalue weighted by atomic mass is 19.1.